The molecule has 3 atom stereocenters. The van der Waals surface area contributed by atoms with Gasteiger partial charge >= 0.3 is 6.18 Å². The van der Waals surface area contributed by atoms with Gasteiger partial charge in [0.25, 0.3) is 0 Å². The number of nitrogens with two attached hydrogens (primary N) is 2. The highest BCUT2D eigenvalue weighted by atomic mass is 19.4. The lowest BCUT2D eigenvalue weighted by Crippen LogP contribution is -2.64. The van der Waals surface area contributed by atoms with Crippen molar-refractivity contribution >= 4 is 5.82 Å². The van der Waals surface area contributed by atoms with E-state index in [1.54, 1.807) is 0 Å². The molecule has 134 valence electrons. The summed E-state index contributed by atoms with van der Waals surface area (Å²) in [6, 6.07) is 2.54. The molecule has 4 N–H and O–H groups in total. The minimum absolute atomic E-state index is 0.00300. The normalized spacial score (nSPS) is 32.0. The average Bonchev–Trinajstić information content (AvgIpc) is 2.57. The number of halogens is 3. The second kappa shape index (κ2) is 6.52. The predicted molar refractivity (Wildman–Crippen MR) is 87.5 cm³/mol. The molecule has 1 saturated carbocycles. The second-order valence-electron chi connectivity index (χ2n) is 7.15. The van der Waals surface area contributed by atoms with Crippen molar-refractivity contribution in [3.8, 4) is 0 Å². The molecule has 0 amide bonds. The van der Waals surface area contributed by atoms with Gasteiger partial charge in [-0.25, -0.2) is 4.98 Å². The van der Waals surface area contributed by atoms with Crippen LogP contribution in [0, 0.1) is 5.92 Å². The molecule has 2 unspecified atom stereocenters. The van der Waals surface area contributed by atoms with Crippen LogP contribution in [0.25, 0.3) is 0 Å². The fraction of sp³-hybridized carbons (Fsp3) is 0.706. The van der Waals surface area contributed by atoms with Crippen molar-refractivity contribution in [1.29, 1.82) is 0 Å². The number of anilines is 1. The first kappa shape index (κ1) is 17.5. The highest BCUT2D eigenvalue weighted by Crippen LogP contribution is 2.37. The van der Waals surface area contributed by atoms with E-state index in [-0.39, 0.29) is 17.5 Å². The lowest BCUT2D eigenvalue weighted by molar-refractivity contribution is -0.137. The van der Waals surface area contributed by atoms with E-state index < -0.39 is 11.7 Å². The summed E-state index contributed by atoms with van der Waals surface area (Å²) >= 11 is 0. The van der Waals surface area contributed by atoms with Crippen LogP contribution >= 0.6 is 0 Å². The zero-order valence-corrected chi connectivity index (χ0v) is 13.7. The second-order valence-corrected chi connectivity index (χ2v) is 7.15. The molecule has 0 radical (unpaired) electrons. The zero-order chi connectivity index (χ0) is 17.4. The summed E-state index contributed by atoms with van der Waals surface area (Å²) in [6.07, 6.45) is 2.62. The molecule has 1 aliphatic carbocycles. The summed E-state index contributed by atoms with van der Waals surface area (Å²) < 4.78 is 38.0. The fourth-order valence-electron chi connectivity index (χ4n) is 4.12. The molecule has 7 heteroatoms. The lowest BCUT2D eigenvalue weighted by Gasteiger charge is -2.48. The van der Waals surface area contributed by atoms with Crippen molar-refractivity contribution in [2.24, 2.45) is 17.4 Å². The van der Waals surface area contributed by atoms with E-state index >= 15 is 0 Å². The molecule has 0 aromatic carbocycles. The summed E-state index contributed by atoms with van der Waals surface area (Å²) in [7, 11) is 0. The lowest BCUT2D eigenvalue weighted by atomic mass is 9.68. The van der Waals surface area contributed by atoms with Gasteiger partial charge in [0.2, 0.25) is 0 Å². The van der Waals surface area contributed by atoms with Gasteiger partial charge in [-0.1, -0.05) is 12.8 Å². The quantitative estimate of drug-likeness (QED) is 0.867. The number of nitrogens with zero attached hydrogens (tertiary/aromatic N) is 2. The summed E-state index contributed by atoms with van der Waals surface area (Å²) in [4.78, 5) is 6.07. The molecule has 24 heavy (non-hydrogen) atoms. The summed E-state index contributed by atoms with van der Waals surface area (Å²) in [5, 5.41) is 0. The Morgan fingerprint density at radius 3 is 2.58 bits per heavy atom. The molecule has 1 aliphatic heterocycles. The van der Waals surface area contributed by atoms with Crippen LogP contribution in [0.5, 0.6) is 0 Å². The van der Waals surface area contributed by atoms with Crippen LogP contribution in [0.3, 0.4) is 0 Å². The molecule has 2 heterocycles. The van der Waals surface area contributed by atoms with Crippen molar-refractivity contribution in [1.82, 2.24) is 4.98 Å². The third-order valence-electron chi connectivity index (χ3n) is 5.65. The molecular formula is C17H25F3N4. The molecule has 1 aromatic rings. The third-order valence-corrected chi connectivity index (χ3v) is 5.65. The van der Waals surface area contributed by atoms with Gasteiger partial charge in [0.15, 0.2) is 0 Å². The van der Waals surface area contributed by atoms with Crippen molar-refractivity contribution in [3.63, 3.8) is 0 Å². The SMILES string of the molecule is NC1CCCCC1(N)[C@H]1CCCN(c2ccc(C(F)(F)F)cn2)C1. The van der Waals surface area contributed by atoms with Crippen LogP contribution in [0.1, 0.15) is 44.1 Å². The van der Waals surface area contributed by atoms with Crippen LogP contribution in [0.4, 0.5) is 19.0 Å². The van der Waals surface area contributed by atoms with Gasteiger partial charge in [0.05, 0.1) is 5.56 Å². The standard InChI is InChI=1S/C17H25F3N4/c18-17(19,20)12-6-7-15(23-10-12)24-9-3-4-13(11-24)16(22)8-2-1-5-14(16)21/h6-7,10,13-14H,1-5,8-9,11,21-22H2/t13-,14?,16?/m0/s1. The Bertz CT molecular complexity index is 560. The van der Waals surface area contributed by atoms with E-state index in [0.717, 1.165) is 57.3 Å². The van der Waals surface area contributed by atoms with Crippen LogP contribution in [0.2, 0.25) is 0 Å². The highest BCUT2D eigenvalue weighted by molar-refractivity contribution is 5.40. The maximum atomic E-state index is 12.7. The molecule has 3 rings (SSSR count). The largest absolute Gasteiger partial charge is 0.417 e. The maximum absolute atomic E-state index is 12.7. The predicted octanol–water partition coefficient (Wildman–Crippen LogP) is 2.92. The molecule has 0 spiro atoms. The molecule has 1 saturated heterocycles. The van der Waals surface area contributed by atoms with Crippen molar-refractivity contribution in [3.05, 3.63) is 23.9 Å². The third kappa shape index (κ3) is 3.37. The van der Waals surface area contributed by atoms with Crippen molar-refractivity contribution in [2.45, 2.75) is 56.3 Å². The van der Waals surface area contributed by atoms with Crippen LogP contribution in [0.15, 0.2) is 18.3 Å². The Morgan fingerprint density at radius 2 is 1.96 bits per heavy atom. The minimum Gasteiger partial charge on any atom is -0.356 e. The maximum Gasteiger partial charge on any atom is 0.417 e. The van der Waals surface area contributed by atoms with E-state index in [1.807, 2.05) is 4.90 Å². The van der Waals surface area contributed by atoms with Gasteiger partial charge in [-0.15, -0.1) is 0 Å². The summed E-state index contributed by atoms with van der Waals surface area (Å²) in [5.41, 5.74) is 11.9. The number of hydrogen-bond donors (Lipinski definition) is 2. The highest BCUT2D eigenvalue weighted by Gasteiger charge is 2.43. The average molecular weight is 342 g/mol. The van der Waals surface area contributed by atoms with Crippen LogP contribution in [-0.4, -0.2) is 29.7 Å². The van der Waals surface area contributed by atoms with E-state index in [9.17, 15) is 13.2 Å². The monoisotopic (exact) mass is 342 g/mol. The van der Waals surface area contributed by atoms with Crippen LogP contribution in [-0.2, 0) is 6.18 Å². The van der Waals surface area contributed by atoms with Gasteiger partial charge < -0.3 is 16.4 Å². The first-order chi connectivity index (χ1) is 11.3. The summed E-state index contributed by atoms with van der Waals surface area (Å²) in [6.45, 7) is 1.50. The molecule has 0 bridgehead atoms. The first-order valence-electron chi connectivity index (χ1n) is 8.63. The van der Waals surface area contributed by atoms with Gasteiger partial charge in [0.1, 0.15) is 5.82 Å². The van der Waals surface area contributed by atoms with Crippen LogP contribution < -0.4 is 16.4 Å². The molecular weight excluding hydrogens is 317 g/mol. The Balaban J connectivity index is 1.73. The van der Waals surface area contributed by atoms with Gasteiger partial charge in [-0.2, -0.15) is 13.2 Å². The van der Waals surface area contributed by atoms with Gasteiger partial charge in [-0.3, -0.25) is 0 Å². The Kier molecular flexibility index (Phi) is 4.75. The Morgan fingerprint density at radius 1 is 1.17 bits per heavy atom. The first-order valence-corrected chi connectivity index (χ1v) is 8.63. The smallest absolute Gasteiger partial charge is 0.356 e. The van der Waals surface area contributed by atoms with E-state index in [1.165, 1.54) is 6.07 Å². The Labute approximate surface area is 140 Å². The number of aromatic nitrogens is 1. The van der Waals surface area contributed by atoms with Crippen molar-refractivity contribution < 1.29 is 13.2 Å². The van der Waals surface area contributed by atoms with E-state index in [2.05, 4.69) is 4.98 Å². The molecule has 2 fully saturated rings. The molecule has 2 aliphatic rings. The number of pyridine rings is 1. The fourth-order valence-corrected chi connectivity index (χ4v) is 4.12. The van der Waals surface area contributed by atoms with Gasteiger partial charge in [0, 0.05) is 30.9 Å². The number of rotatable bonds is 2. The number of hydrogen-bond acceptors (Lipinski definition) is 4. The van der Waals surface area contributed by atoms with Crippen molar-refractivity contribution in [2.75, 3.05) is 18.0 Å². The minimum atomic E-state index is -4.36. The van der Waals surface area contributed by atoms with Gasteiger partial charge in [-0.05, 0) is 43.7 Å². The molecule has 1 aromatic heterocycles. The topological polar surface area (TPSA) is 68.2 Å². The number of alkyl halides is 3. The Hall–Kier alpha value is -1.34. The summed E-state index contributed by atoms with van der Waals surface area (Å²) in [5.74, 6) is 0.839. The number of piperidine rings is 1. The molecule has 4 nitrogen and oxygen atoms in total. The van der Waals surface area contributed by atoms with E-state index in [4.69, 9.17) is 11.5 Å². The van der Waals surface area contributed by atoms with E-state index in [0.29, 0.717) is 12.4 Å². The zero-order valence-electron chi connectivity index (χ0n) is 13.7.